The Labute approximate surface area is 125 Å². The molecule has 1 aromatic carbocycles. The summed E-state index contributed by atoms with van der Waals surface area (Å²) in [5.41, 5.74) is 0.333. The summed E-state index contributed by atoms with van der Waals surface area (Å²) < 4.78 is 5.05. The van der Waals surface area contributed by atoms with Gasteiger partial charge in [-0.25, -0.2) is 4.79 Å². The third-order valence-electron chi connectivity index (χ3n) is 4.02. The van der Waals surface area contributed by atoms with Crippen molar-refractivity contribution in [3.63, 3.8) is 0 Å². The van der Waals surface area contributed by atoms with Gasteiger partial charge in [-0.15, -0.1) is 0 Å². The van der Waals surface area contributed by atoms with Gasteiger partial charge in [0.05, 0.1) is 7.11 Å². The van der Waals surface area contributed by atoms with Crippen LogP contribution in [0.1, 0.15) is 39.5 Å². The van der Waals surface area contributed by atoms with Crippen LogP contribution in [0.5, 0.6) is 0 Å². The Morgan fingerprint density at radius 2 is 2.10 bits per heavy atom. The van der Waals surface area contributed by atoms with Gasteiger partial charge < -0.3 is 10.1 Å². The van der Waals surface area contributed by atoms with Gasteiger partial charge >= 0.3 is 5.97 Å². The average molecular weight is 296 g/mol. The van der Waals surface area contributed by atoms with Crippen molar-refractivity contribution in [3.05, 3.63) is 29.3 Å². The SMILES string of the molecule is COC(=O)C1(Nc2cccc(Cl)c2)CCCC(C)(C)C1. The highest BCUT2D eigenvalue weighted by Crippen LogP contribution is 2.43. The van der Waals surface area contributed by atoms with E-state index in [4.69, 9.17) is 16.3 Å². The maximum Gasteiger partial charge on any atom is 0.331 e. The molecule has 0 radical (unpaired) electrons. The standard InChI is InChI=1S/C16H22ClNO2/c1-15(2)8-5-9-16(11-15,14(19)20-3)18-13-7-4-6-12(17)10-13/h4,6-7,10,18H,5,8-9,11H2,1-3H3. The van der Waals surface area contributed by atoms with E-state index in [1.54, 1.807) is 0 Å². The first-order valence-electron chi connectivity index (χ1n) is 6.99. The summed E-state index contributed by atoms with van der Waals surface area (Å²) in [6.45, 7) is 4.40. The molecule has 0 spiro atoms. The summed E-state index contributed by atoms with van der Waals surface area (Å²) in [4.78, 5) is 12.3. The fraction of sp³-hybridized carbons (Fsp3) is 0.562. The van der Waals surface area contributed by atoms with Crippen LogP contribution in [0.2, 0.25) is 5.02 Å². The van der Waals surface area contributed by atoms with Crippen LogP contribution in [0.25, 0.3) is 0 Å². The van der Waals surface area contributed by atoms with Crippen molar-refractivity contribution in [3.8, 4) is 0 Å². The lowest BCUT2D eigenvalue weighted by atomic mass is 9.68. The number of benzene rings is 1. The maximum atomic E-state index is 12.3. The lowest BCUT2D eigenvalue weighted by Gasteiger charge is -2.43. The zero-order valence-electron chi connectivity index (χ0n) is 12.3. The number of methoxy groups -OCH3 is 1. The number of anilines is 1. The molecule has 3 nitrogen and oxygen atoms in total. The van der Waals surface area contributed by atoms with E-state index in [9.17, 15) is 4.79 Å². The minimum absolute atomic E-state index is 0.123. The molecule has 20 heavy (non-hydrogen) atoms. The first-order valence-corrected chi connectivity index (χ1v) is 7.37. The normalized spacial score (nSPS) is 25.0. The van der Waals surface area contributed by atoms with Crippen molar-refractivity contribution in [1.29, 1.82) is 0 Å². The number of hydrogen-bond acceptors (Lipinski definition) is 3. The van der Waals surface area contributed by atoms with E-state index in [0.717, 1.165) is 31.4 Å². The van der Waals surface area contributed by atoms with Crippen LogP contribution < -0.4 is 5.32 Å². The van der Waals surface area contributed by atoms with Crippen molar-refractivity contribution in [2.45, 2.75) is 45.1 Å². The van der Waals surface area contributed by atoms with Crippen LogP contribution in [-0.4, -0.2) is 18.6 Å². The second-order valence-electron chi connectivity index (χ2n) is 6.40. The summed E-state index contributed by atoms with van der Waals surface area (Å²) in [5.74, 6) is -0.190. The minimum Gasteiger partial charge on any atom is -0.467 e. The van der Waals surface area contributed by atoms with Gasteiger partial charge in [0.2, 0.25) is 0 Å². The van der Waals surface area contributed by atoms with E-state index in [1.165, 1.54) is 7.11 Å². The fourth-order valence-corrected chi connectivity index (χ4v) is 3.42. The van der Waals surface area contributed by atoms with E-state index in [0.29, 0.717) is 5.02 Å². The Hall–Kier alpha value is -1.22. The van der Waals surface area contributed by atoms with Gasteiger partial charge in [0.25, 0.3) is 0 Å². The molecule has 0 amide bonds. The largest absolute Gasteiger partial charge is 0.467 e. The molecule has 0 aliphatic heterocycles. The highest BCUT2D eigenvalue weighted by Gasteiger charge is 2.46. The van der Waals surface area contributed by atoms with Gasteiger partial charge in [-0.2, -0.15) is 0 Å². The van der Waals surface area contributed by atoms with Crippen molar-refractivity contribution >= 4 is 23.3 Å². The van der Waals surface area contributed by atoms with E-state index in [2.05, 4.69) is 19.2 Å². The second kappa shape index (κ2) is 5.65. The minimum atomic E-state index is -0.652. The van der Waals surface area contributed by atoms with Gasteiger partial charge in [-0.05, 0) is 49.3 Å². The van der Waals surface area contributed by atoms with Gasteiger partial charge in [0.1, 0.15) is 5.54 Å². The Kier molecular flexibility index (Phi) is 4.28. The van der Waals surface area contributed by atoms with Crippen LogP contribution >= 0.6 is 11.6 Å². The average Bonchev–Trinajstić information content (AvgIpc) is 2.36. The number of nitrogens with one attached hydrogen (secondary N) is 1. The highest BCUT2D eigenvalue weighted by atomic mass is 35.5. The number of carbonyl (C=O) groups is 1. The van der Waals surface area contributed by atoms with E-state index in [1.807, 2.05) is 24.3 Å². The molecule has 4 heteroatoms. The summed E-state index contributed by atoms with van der Waals surface area (Å²) in [6, 6.07) is 7.47. The Balaban J connectivity index is 2.30. The van der Waals surface area contributed by atoms with E-state index < -0.39 is 5.54 Å². The van der Waals surface area contributed by atoms with E-state index in [-0.39, 0.29) is 11.4 Å². The molecule has 0 aromatic heterocycles. The Bertz CT molecular complexity index is 501. The Morgan fingerprint density at radius 1 is 1.35 bits per heavy atom. The van der Waals surface area contributed by atoms with Crippen LogP contribution in [0, 0.1) is 5.41 Å². The fourth-order valence-electron chi connectivity index (χ4n) is 3.23. The van der Waals surface area contributed by atoms with Crippen LogP contribution in [0.15, 0.2) is 24.3 Å². The maximum absolute atomic E-state index is 12.3. The Morgan fingerprint density at radius 3 is 2.70 bits per heavy atom. The zero-order chi connectivity index (χ0) is 14.8. The number of carbonyl (C=O) groups excluding carboxylic acids is 1. The number of hydrogen-bond donors (Lipinski definition) is 1. The van der Waals surface area contributed by atoms with Crippen LogP contribution in [0.4, 0.5) is 5.69 Å². The van der Waals surface area contributed by atoms with Gasteiger partial charge in [0, 0.05) is 10.7 Å². The number of esters is 1. The smallest absolute Gasteiger partial charge is 0.331 e. The number of ether oxygens (including phenoxy) is 1. The summed E-state index contributed by atoms with van der Waals surface area (Å²) >= 11 is 6.02. The highest BCUT2D eigenvalue weighted by molar-refractivity contribution is 6.30. The molecule has 1 atom stereocenters. The topological polar surface area (TPSA) is 38.3 Å². The third kappa shape index (κ3) is 3.26. The molecule has 0 saturated heterocycles. The lowest BCUT2D eigenvalue weighted by molar-refractivity contribution is -0.148. The molecule has 1 aliphatic carbocycles. The van der Waals surface area contributed by atoms with E-state index >= 15 is 0 Å². The molecular formula is C16H22ClNO2. The van der Waals surface area contributed by atoms with Crippen molar-refractivity contribution in [2.75, 3.05) is 12.4 Å². The molecule has 1 fully saturated rings. The van der Waals surface area contributed by atoms with Gasteiger partial charge in [-0.1, -0.05) is 31.5 Å². The predicted octanol–water partition coefficient (Wildman–Crippen LogP) is 4.26. The first-order chi connectivity index (χ1) is 9.37. The third-order valence-corrected chi connectivity index (χ3v) is 4.26. The first kappa shape index (κ1) is 15.2. The molecule has 1 aliphatic rings. The monoisotopic (exact) mass is 295 g/mol. The second-order valence-corrected chi connectivity index (χ2v) is 6.84. The molecule has 0 bridgehead atoms. The van der Waals surface area contributed by atoms with Crippen molar-refractivity contribution in [1.82, 2.24) is 0 Å². The summed E-state index contributed by atoms with van der Waals surface area (Å²) in [5, 5.41) is 4.04. The number of halogens is 1. The van der Waals surface area contributed by atoms with Gasteiger partial charge in [0.15, 0.2) is 0 Å². The zero-order valence-corrected chi connectivity index (χ0v) is 13.1. The molecular weight excluding hydrogens is 274 g/mol. The molecule has 0 heterocycles. The lowest BCUT2D eigenvalue weighted by Crippen LogP contribution is -2.52. The molecule has 1 saturated carbocycles. The molecule has 1 aromatic rings. The molecule has 1 N–H and O–H groups in total. The van der Waals surface area contributed by atoms with Crippen molar-refractivity contribution < 1.29 is 9.53 Å². The summed E-state index contributed by atoms with van der Waals surface area (Å²) in [7, 11) is 1.45. The molecule has 1 unspecified atom stereocenters. The summed E-state index contributed by atoms with van der Waals surface area (Å²) in [6.07, 6.45) is 3.69. The van der Waals surface area contributed by atoms with Crippen LogP contribution in [-0.2, 0) is 9.53 Å². The molecule has 2 rings (SSSR count). The predicted molar refractivity (Wildman–Crippen MR) is 82.1 cm³/mol. The van der Waals surface area contributed by atoms with Gasteiger partial charge in [-0.3, -0.25) is 0 Å². The quantitative estimate of drug-likeness (QED) is 0.847. The molecule has 110 valence electrons. The van der Waals surface area contributed by atoms with Crippen molar-refractivity contribution in [2.24, 2.45) is 5.41 Å². The van der Waals surface area contributed by atoms with Crippen LogP contribution in [0.3, 0.4) is 0 Å². The number of rotatable bonds is 3.